The molecule has 1 fully saturated rings. The van der Waals surface area contributed by atoms with E-state index in [1.807, 2.05) is 12.1 Å². The molecule has 6 nitrogen and oxygen atoms in total. The van der Waals surface area contributed by atoms with E-state index >= 15 is 0 Å². The summed E-state index contributed by atoms with van der Waals surface area (Å²) in [7, 11) is -3.46. The zero-order valence-electron chi connectivity index (χ0n) is 14.9. The van der Waals surface area contributed by atoms with Crippen LogP contribution in [0.4, 0.5) is 0 Å². The molecule has 0 radical (unpaired) electrons. The highest BCUT2D eigenvalue weighted by Crippen LogP contribution is 2.21. The van der Waals surface area contributed by atoms with Crippen molar-refractivity contribution in [2.24, 2.45) is 5.10 Å². The highest BCUT2D eigenvalue weighted by molar-refractivity contribution is 7.89. The minimum Gasteiger partial charge on any atom is -0.267 e. The maximum Gasteiger partial charge on any atom is 0.271 e. The Kier molecular flexibility index (Phi) is 4.80. The summed E-state index contributed by atoms with van der Waals surface area (Å²) >= 11 is 0. The summed E-state index contributed by atoms with van der Waals surface area (Å²) in [5.74, 6) is -0.344. The Balaban J connectivity index is 1.42. The van der Waals surface area contributed by atoms with E-state index in [-0.39, 0.29) is 10.8 Å². The fourth-order valence-corrected chi connectivity index (χ4v) is 5.05. The Labute approximate surface area is 158 Å². The molecule has 2 aromatic rings. The van der Waals surface area contributed by atoms with Crippen molar-refractivity contribution in [1.82, 2.24) is 9.73 Å². The third-order valence-corrected chi connectivity index (χ3v) is 6.96. The number of carbonyl (C=O) groups is 1. The maximum atomic E-state index is 12.5. The van der Waals surface area contributed by atoms with Crippen LogP contribution in [0.3, 0.4) is 0 Å². The van der Waals surface area contributed by atoms with Crippen LogP contribution in [0.2, 0.25) is 0 Å². The van der Waals surface area contributed by atoms with Gasteiger partial charge in [-0.25, -0.2) is 13.8 Å². The number of rotatable bonds is 4. The second kappa shape index (κ2) is 7.25. The summed E-state index contributed by atoms with van der Waals surface area (Å²) in [6.45, 7) is 1.12. The number of carbonyl (C=O) groups excluding carboxylic acids is 1. The maximum absolute atomic E-state index is 12.5. The van der Waals surface area contributed by atoms with Crippen LogP contribution in [-0.2, 0) is 22.9 Å². The molecule has 0 unspecified atom stereocenters. The standard InChI is InChI=1S/C20H21N3O3S/c24-20(22-21-18-13-16-5-1-2-6-17(16)14-18)15-7-9-19(10-8-15)27(25,26)23-11-3-4-12-23/h1-2,5-10H,3-4,11-14H2,(H,22,24). The smallest absolute Gasteiger partial charge is 0.267 e. The quantitative estimate of drug-likeness (QED) is 0.823. The van der Waals surface area contributed by atoms with Crippen LogP contribution in [-0.4, -0.2) is 37.4 Å². The van der Waals surface area contributed by atoms with Gasteiger partial charge in [-0.2, -0.15) is 9.41 Å². The molecule has 4 rings (SSSR count). The fourth-order valence-electron chi connectivity index (χ4n) is 3.53. The number of fused-ring (bicyclic) bond motifs is 1. The molecular formula is C20H21N3O3S. The molecule has 1 N–H and O–H groups in total. The van der Waals surface area contributed by atoms with Crippen molar-refractivity contribution in [1.29, 1.82) is 0 Å². The van der Waals surface area contributed by atoms with E-state index in [1.165, 1.54) is 39.7 Å². The minimum absolute atomic E-state index is 0.221. The van der Waals surface area contributed by atoms with Crippen molar-refractivity contribution in [3.05, 3.63) is 65.2 Å². The minimum atomic E-state index is -3.46. The molecule has 140 valence electrons. The van der Waals surface area contributed by atoms with Gasteiger partial charge in [-0.1, -0.05) is 24.3 Å². The Morgan fingerprint density at radius 1 is 0.926 bits per heavy atom. The van der Waals surface area contributed by atoms with Gasteiger partial charge >= 0.3 is 0 Å². The van der Waals surface area contributed by atoms with Crippen molar-refractivity contribution in [3.63, 3.8) is 0 Å². The molecule has 0 spiro atoms. The molecule has 27 heavy (non-hydrogen) atoms. The van der Waals surface area contributed by atoms with Gasteiger partial charge in [-0.15, -0.1) is 0 Å². The first-order valence-electron chi connectivity index (χ1n) is 9.07. The second-order valence-corrected chi connectivity index (χ2v) is 8.81. The lowest BCUT2D eigenvalue weighted by atomic mass is 10.1. The predicted molar refractivity (Wildman–Crippen MR) is 103 cm³/mol. The van der Waals surface area contributed by atoms with Gasteiger partial charge in [0.15, 0.2) is 0 Å². The van der Waals surface area contributed by atoms with Crippen LogP contribution in [0, 0.1) is 0 Å². The molecule has 1 heterocycles. The first-order chi connectivity index (χ1) is 13.0. The van der Waals surface area contributed by atoms with Crippen LogP contribution in [0.5, 0.6) is 0 Å². The number of amides is 1. The highest BCUT2D eigenvalue weighted by atomic mass is 32.2. The van der Waals surface area contributed by atoms with E-state index in [0.29, 0.717) is 18.7 Å². The molecule has 1 aliphatic carbocycles. The first kappa shape index (κ1) is 17.9. The van der Waals surface area contributed by atoms with Crippen molar-refractivity contribution in [2.45, 2.75) is 30.6 Å². The number of hydrogen-bond acceptors (Lipinski definition) is 4. The van der Waals surface area contributed by atoms with Gasteiger partial charge in [-0.05, 0) is 48.2 Å². The third kappa shape index (κ3) is 3.65. The largest absolute Gasteiger partial charge is 0.271 e. The van der Waals surface area contributed by atoms with Crippen molar-refractivity contribution < 1.29 is 13.2 Å². The van der Waals surface area contributed by atoms with E-state index in [9.17, 15) is 13.2 Å². The average Bonchev–Trinajstić information content (AvgIpc) is 3.36. The zero-order valence-corrected chi connectivity index (χ0v) is 15.7. The van der Waals surface area contributed by atoms with Crippen LogP contribution in [0.1, 0.15) is 34.3 Å². The molecule has 2 aliphatic rings. The van der Waals surface area contributed by atoms with E-state index < -0.39 is 10.0 Å². The van der Waals surface area contributed by atoms with Crippen molar-refractivity contribution >= 4 is 21.6 Å². The van der Waals surface area contributed by atoms with E-state index in [0.717, 1.165) is 31.4 Å². The summed E-state index contributed by atoms with van der Waals surface area (Å²) in [6, 6.07) is 14.2. The average molecular weight is 383 g/mol. The lowest BCUT2D eigenvalue weighted by Crippen LogP contribution is -2.28. The van der Waals surface area contributed by atoms with Crippen LogP contribution >= 0.6 is 0 Å². The summed E-state index contributed by atoms with van der Waals surface area (Å²) in [6.07, 6.45) is 3.26. The van der Waals surface area contributed by atoms with Gasteiger partial charge in [0.2, 0.25) is 10.0 Å². The molecule has 2 aromatic carbocycles. The van der Waals surface area contributed by atoms with Crippen LogP contribution < -0.4 is 5.43 Å². The van der Waals surface area contributed by atoms with Crippen molar-refractivity contribution in [3.8, 4) is 0 Å². The fraction of sp³-hybridized carbons (Fsp3) is 0.300. The molecule has 0 saturated carbocycles. The van der Waals surface area contributed by atoms with E-state index in [2.05, 4.69) is 22.7 Å². The van der Waals surface area contributed by atoms with Gasteiger partial charge in [0.1, 0.15) is 0 Å². The lowest BCUT2D eigenvalue weighted by molar-refractivity contribution is 0.0954. The number of nitrogens with one attached hydrogen (secondary N) is 1. The summed E-state index contributed by atoms with van der Waals surface area (Å²) in [4.78, 5) is 12.5. The molecular weight excluding hydrogens is 362 g/mol. The highest BCUT2D eigenvalue weighted by Gasteiger charge is 2.27. The first-order valence-corrected chi connectivity index (χ1v) is 10.5. The Morgan fingerprint density at radius 2 is 1.52 bits per heavy atom. The Hall–Kier alpha value is -2.51. The third-order valence-electron chi connectivity index (χ3n) is 5.04. The van der Waals surface area contributed by atoms with E-state index in [1.54, 1.807) is 0 Å². The number of sulfonamides is 1. The molecule has 1 saturated heterocycles. The second-order valence-electron chi connectivity index (χ2n) is 6.88. The van der Waals surface area contributed by atoms with Gasteiger partial charge < -0.3 is 0 Å². The molecule has 7 heteroatoms. The van der Waals surface area contributed by atoms with Crippen molar-refractivity contribution in [2.75, 3.05) is 13.1 Å². The summed E-state index contributed by atoms with van der Waals surface area (Å²) in [5.41, 5.74) is 6.35. The number of hydrogen-bond donors (Lipinski definition) is 1. The monoisotopic (exact) mass is 383 g/mol. The van der Waals surface area contributed by atoms with Gasteiger partial charge in [0.25, 0.3) is 5.91 Å². The Bertz CT molecular complexity index is 964. The summed E-state index contributed by atoms with van der Waals surface area (Å²) in [5, 5.41) is 4.24. The molecule has 1 aliphatic heterocycles. The SMILES string of the molecule is O=C(NN=C1Cc2ccccc2C1)c1ccc(S(=O)(=O)N2CCCC2)cc1. The summed E-state index contributed by atoms with van der Waals surface area (Å²) < 4.78 is 26.5. The topological polar surface area (TPSA) is 78.8 Å². The molecule has 0 aromatic heterocycles. The normalized spacial score (nSPS) is 17.0. The number of nitrogens with zero attached hydrogens (tertiary/aromatic N) is 2. The lowest BCUT2D eigenvalue weighted by Gasteiger charge is -2.15. The van der Waals surface area contributed by atoms with Gasteiger partial charge in [0, 0.05) is 37.2 Å². The zero-order chi connectivity index (χ0) is 18.9. The Morgan fingerprint density at radius 3 is 2.11 bits per heavy atom. The van der Waals surface area contributed by atoms with Crippen LogP contribution in [0.15, 0.2) is 58.5 Å². The molecule has 1 amide bonds. The number of hydrazone groups is 1. The molecule has 0 atom stereocenters. The van der Waals surface area contributed by atoms with Crippen LogP contribution in [0.25, 0.3) is 0 Å². The predicted octanol–water partition coefficient (Wildman–Crippen LogP) is 2.36. The van der Waals surface area contributed by atoms with E-state index in [4.69, 9.17) is 0 Å². The molecule has 0 bridgehead atoms. The number of benzene rings is 2. The van der Waals surface area contributed by atoms with Gasteiger partial charge in [-0.3, -0.25) is 4.79 Å². The van der Waals surface area contributed by atoms with Gasteiger partial charge in [0.05, 0.1) is 4.90 Å².